The molecule has 0 aliphatic rings. The molecule has 0 saturated carbocycles. The number of nitrogens with zero attached hydrogens (tertiary/aromatic N) is 1. The normalized spacial score (nSPS) is 14.5. The second-order valence-electron chi connectivity index (χ2n) is 7.48. The van der Waals surface area contributed by atoms with Gasteiger partial charge < -0.3 is 10.8 Å². The number of carbonyl (C=O) groups is 3. The number of imide groups is 1. The van der Waals surface area contributed by atoms with Gasteiger partial charge in [0.25, 0.3) is 0 Å². The summed E-state index contributed by atoms with van der Waals surface area (Å²) < 4.78 is 39.5. The Morgan fingerprint density at radius 2 is 1.66 bits per heavy atom. The number of carbonyl (C=O) groups excluding carboxylic acids is 2. The van der Waals surface area contributed by atoms with Crippen molar-refractivity contribution in [3.05, 3.63) is 35.4 Å². The van der Waals surface area contributed by atoms with Gasteiger partial charge in [-0.2, -0.15) is 13.2 Å². The Kier molecular flexibility index (Phi) is 9.63. The molecule has 0 radical (unpaired) electrons. The molecule has 0 aliphatic heterocycles. The van der Waals surface area contributed by atoms with Crippen LogP contribution in [0.3, 0.4) is 0 Å². The number of aryl methyl sites for hydroxylation is 1. The zero-order chi connectivity index (χ0) is 21.9. The summed E-state index contributed by atoms with van der Waals surface area (Å²) >= 11 is 0. The van der Waals surface area contributed by atoms with Gasteiger partial charge in [-0.1, -0.05) is 38.1 Å². The Morgan fingerprint density at radius 1 is 1.14 bits per heavy atom. The van der Waals surface area contributed by atoms with Crippen LogP contribution in [0, 0.1) is 12.8 Å². The van der Waals surface area contributed by atoms with Gasteiger partial charge in [0.1, 0.15) is 6.04 Å². The molecular formula is C19H26F3LiN2O4. The molecule has 1 rings (SSSR count). The van der Waals surface area contributed by atoms with Gasteiger partial charge in [-0.3, -0.25) is 14.5 Å². The molecule has 2 unspecified atom stereocenters. The van der Waals surface area contributed by atoms with Gasteiger partial charge in [0, 0.05) is 6.42 Å². The Morgan fingerprint density at radius 3 is 2.07 bits per heavy atom. The summed E-state index contributed by atoms with van der Waals surface area (Å²) in [5.74, 6) is -5.81. The molecular weight excluding hydrogens is 384 g/mol. The molecule has 0 aromatic heterocycles. The third-order valence-corrected chi connectivity index (χ3v) is 4.27. The second-order valence-corrected chi connectivity index (χ2v) is 7.48. The maximum atomic E-state index is 13.2. The molecule has 6 nitrogen and oxygen atoms in total. The van der Waals surface area contributed by atoms with Gasteiger partial charge in [-0.15, -0.1) is 0 Å². The van der Waals surface area contributed by atoms with Crippen molar-refractivity contribution in [2.45, 2.75) is 58.3 Å². The Balaban J connectivity index is 0.00000784. The summed E-state index contributed by atoms with van der Waals surface area (Å²) in [6.45, 7) is 6.25. The number of amides is 2. The first-order valence-corrected chi connectivity index (χ1v) is 8.69. The third-order valence-electron chi connectivity index (χ3n) is 4.27. The molecule has 0 aliphatic carbocycles. The van der Waals surface area contributed by atoms with E-state index in [0.717, 1.165) is 0 Å². The first kappa shape index (κ1) is 27.2. The molecule has 0 fully saturated rings. The molecule has 3 N–H and O–H groups in total. The topological polar surface area (TPSA) is 101 Å². The van der Waals surface area contributed by atoms with Crippen LogP contribution in [0.1, 0.15) is 38.3 Å². The predicted octanol–water partition coefficient (Wildman–Crippen LogP) is 2.02. The van der Waals surface area contributed by atoms with Crippen molar-refractivity contribution < 1.29 is 32.7 Å². The summed E-state index contributed by atoms with van der Waals surface area (Å²) in [5.41, 5.74) is 5.09. The van der Waals surface area contributed by atoms with Crippen LogP contribution in [0.5, 0.6) is 0 Å². The summed E-state index contributed by atoms with van der Waals surface area (Å²) in [7, 11) is 0. The van der Waals surface area contributed by atoms with E-state index in [2.05, 4.69) is 0 Å². The van der Waals surface area contributed by atoms with Crippen molar-refractivity contribution in [1.29, 1.82) is 0 Å². The number of hydrogen-bond acceptors (Lipinski definition) is 4. The second kappa shape index (κ2) is 10.3. The van der Waals surface area contributed by atoms with E-state index in [1.165, 1.54) is 13.0 Å². The van der Waals surface area contributed by atoms with Crippen LogP contribution < -0.4 is 5.73 Å². The Hall–Kier alpha value is -1.82. The fourth-order valence-corrected chi connectivity index (χ4v) is 3.06. The summed E-state index contributed by atoms with van der Waals surface area (Å²) in [6, 6.07) is 4.40. The van der Waals surface area contributed by atoms with E-state index in [0.29, 0.717) is 11.1 Å². The van der Waals surface area contributed by atoms with E-state index in [4.69, 9.17) is 5.73 Å². The molecule has 0 spiro atoms. The van der Waals surface area contributed by atoms with Crippen molar-refractivity contribution in [1.82, 2.24) is 4.90 Å². The minimum atomic E-state index is -5.43. The average molecular weight is 410 g/mol. The van der Waals surface area contributed by atoms with E-state index >= 15 is 0 Å². The number of hydrogen-bond donors (Lipinski definition) is 2. The Labute approximate surface area is 179 Å². The third kappa shape index (κ3) is 7.18. The number of nitrogens with two attached hydrogens (primary N) is 1. The zero-order valence-corrected chi connectivity index (χ0v) is 16.2. The van der Waals surface area contributed by atoms with Crippen molar-refractivity contribution >= 4 is 36.6 Å². The molecule has 0 heterocycles. The van der Waals surface area contributed by atoms with Crippen molar-refractivity contribution in [3.8, 4) is 0 Å². The first-order chi connectivity index (χ1) is 12.7. The number of aliphatic carboxylic acids is 1. The molecule has 2 amide bonds. The molecule has 1 aromatic carbocycles. The van der Waals surface area contributed by atoms with Crippen molar-refractivity contribution in [3.63, 3.8) is 0 Å². The van der Waals surface area contributed by atoms with Gasteiger partial charge in [0.15, 0.2) is 0 Å². The van der Waals surface area contributed by atoms with Crippen LogP contribution in [-0.4, -0.2) is 64.4 Å². The summed E-state index contributed by atoms with van der Waals surface area (Å²) in [6.07, 6.45) is -5.92. The van der Waals surface area contributed by atoms with Gasteiger partial charge >= 0.3 is 36.9 Å². The van der Waals surface area contributed by atoms with Crippen LogP contribution in [0.4, 0.5) is 13.2 Å². The van der Waals surface area contributed by atoms with E-state index in [-0.39, 0.29) is 36.1 Å². The molecule has 0 saturated heterocycles. The molecule has 29 heavy (non-hydrogen) atoms. The quantitative estimate of drug-likeness (QED) is 0.670. The Bertz CT molecular complexity index is 751. The number of alkyl halides is 3. The van der Waals surface area contributed by atoms with Gasteiger partial charge in [-0.05, 0) is 37.3 Å². The number of carboxylic acids is 1. The monoisotopic (exact) mass is 410 g/mol. The molecule has 158 valence electrons. The van der Waals surface area contributed by atoms with Crippen LogP contribution in [0.2, 0.25) is 0 Å². The number of carboxylic acid groups (broad SMARTS) is 1. The van der Waals surface area contributed by atoms with E-state index < -0.39 is 42.0 Å². The van der Waals surface area contributed by atoms with Gasteiger partial charge in [-0.25, -0.2) is 4.79 Å². The van der Waals surface area contributed by atoms with Gasteiger partial charge in [0.05, 0.1) is 5.54 Å². The fourth-order valence-electron chi connectivity index (χ4n) is 3.06. The van der Waals surface area contributed by atoms with E-state index in [9.17, 15) is 32.7 Å². The van der Waals surface area contributed by atoms with Crippen molar-refractivity contribution in [2.24, 2.45) is 11.7 Å². The zero-order valence-electron chi connectivity index (χ0n) is 16.2. The van der Waals surface area contributed by atoms with Gasteiger partial charge in [0.2, 0.25) is 5.91 Å². The predicted molar refractivity (Wildman–Crippen MR) is 103 cm³/mol. The van der Waals surface area contributed by atoms with Crippen LogP contribution in [-0.2, 0) is 20.8 Å². The van der Waals surface area contributed by atoms with Crippen molar-refractivity contribution in [2.75, 3.05) is 0 Å². The molecule has 0 bridgehead atoms. The summed E-state index contributed by atoms with van der Waals surface area (Å²) in [4.78, 5) is 36.4. The molecule has 1 aromatic rings. The first-order valence-electron chi connectivity index (χ1n) is 8.69. The maximum absolute atomic E-state index is 13.2. The molecule has 10 heteroatoms. The van der Waals surface area contributed by atoms with Crippen LogP contribution >= 0.6 is 0 Å². The SMILES string of the molecule is Cc1ccccc1CC(C(=O)O)N(C(=O)C(F)(F)F)C(=O)C(C)(N)CC(C)C.[LiH]. The fraction of sp³-hybridized carbons (Fsp3) is 0.526. The average Bonchev–Trinajstić information content (AvgIpc) is 2.53. The number of rotatable bonds is 7. The molecule has 2 atom stereocenters. The summed E-state index contributed by atoms with van der Waals surface area (Å²) in [5, 5.41) is 9.55. The number of halogens is 3. The minimum absolute atomic E-state index is 0. The van der Waals surface area contributed by atoms with E-state index in [1.807, 2.05) is 0 Å². The number of benzene rings is 1. The standard InChI is InChI=1S/C19H25F3N2O4.Li.H/c1-11(2)10-18(4,23)16(27)24(17(28)19(20,21)22)14(15(25)26)9-13-8-6-5-7-12(13)3;;/h5-8,11,14H,9-10,23H2,1-4H3,(H,25,26);;. The van der Waals surface area contributed by atoms with Crippen LogP contribution in [0.25, 0.3) is 0 Å². The van der Waals surface area contributed by atoms with Crippen LogP contribution in [0.15, 0.2) is 24.3 Å². The van der Waals surface area contributed by atoms with E-state index in [1.54, 1.807) is 39.0 Å².